The molecule has 1 aliphatic rings. The van der Waals surface area contributed by atoms with Crippen LogP contribution in [0.15, 0.2) is 56.7 Å². The standard InChI is InChI=1S/C17H19BrN2O6S2/c1-25-17-7-6-15(12-16(17)18)27(21,22)19-13-2-4-14(5-3-13)28(23,24)20-8-10-26-11-9-20/h2-7,12,19H,8-11H2,1H3. The fourth-order valence-electron chi connectivity index (χ4n) is 2.66. The van der Waals surface area contributed by atoms with Crippen LogP contribution < -0.4 is 9.46 Å². The van der Waals surface area contributed by atoms with Crippen molar-refractivity contribution in [3.8, 4) is 5.75 Å². The lowest BCUT2D eigenvalue weighted by Crippen LogP contribution is -2.40. The van der Waals surface area contributed by atoms with Crippen LogP contribution in [0.5, 0.6) is 5.75 Å². The van der Waals surface area contributed by atoms with Crippen molar-refractivity contribution in [1.29, 1.82) is 0 Å². The summed E-state index contributed by atoms with van der Waals surface area (Å²) in [5.74, 6) is 0.511. The predicted molar refractivity (Wildman–Crippen MR) is 108 cm³/mol. The maximum atomic E-state index is 12.6. The lowest BCUT2D eigenvalue weighted by Gasteiger charge is -2.26. The molecule has 1 aliphatic heterocycles. The molecule has 1 heterocycles. The molecule has 28 heavy (non-hydrogen) atoms. The molecular formula is C17H19BrN2O6S2. The predicted octanol–water partition coefficient (Wildman–Crippen LogP) is 2.28. The van der Waals surface area contributed by atoms with Crippen LogP contribution >= 0.6 is 15.9 Å². The second kappa shape index (κ2) is 8.37. The van der Waals surface area contributed by atoms with Gasteiger partial charge in [0.15, 0.2) is 0 Å². The highest BCUT2D eigenvalue weighted by Crippen LogP contribution is 2.28. The Labute approximate surface area is 172 Å². The molecular weight excluding hydrogens is 472 g/mol. The van der Waals surface area contributed by atoms with Gasteiger partial charge in [-0.3, -0.25) is 4.72 Å². The molecule has 1 saturated heterocycles. The molecule has 0 saturated carbocycles. The minimum Gasteiger partial charge on any atom is -0.496 e. The molecule has 0 radical (unpaired) electrons. The van der Waals surface area contributed by atoms with Crippen molar-refractivity contribution in [3.63, 3.8) is 0 Å². The Morgan fingerprint density at radius 2 is 1.61 bits per heavy atom. The van der Waals surface area contributed by atoms with Crippen molar-refractivity contribution in [2.75, 3.05) is 38.1 Å². The average molecular weight is 491 g/mol. The summed E-state index contributed by atoms with van der Waals surface area (Å²) in [5.41, 5.74) is 0.257. The van der Waals surface area contributed by atoms with Crippen molar-refractivity contribution in [1.82, 2.24) is 4.31 Å². The van der Waals surface area contributed by atoms with E-state index in [0.29, 0.717) is 36.5 Å². The Bertz CT molecular complexity index is 1050. The van der Waals surface area contributed by atoms with Crippen LogP contribution in [0.1, 0.15) is 0 Å². The van der Waals surface area contributed by atoms with E-state index in [9.17, 15) is 16.8 Å². The summed E-state index contributed by atoms with van der Waals surface area (Å²) >= 11 is 3.26. The first-order valence-corrected chi connectivity index (χ1v) is 12.0. The van der Waals surface area contributed by atoms with E-state index < -0.39 is 20.0 Å². The van der Waals surface area contributed by atoms with E-state index >= 15 is 0 Å². The molecule has 0 bridgehead atoms. The first-order chi connectivity index (χ1) is 13.2. The van der Waals surface area contributed by atoms with Crippen molar-refractivity contribution in [2.24, 2.45) is 0 Å². The summed E-state index contributed by atoms with van der Waals surface area (Å²) in [6, 6.07) is 9.99. The van der Waals surface area contributed by atoms with E-state index in [1.807, 2.05) is 0 Å². The van der Waals surface area contributed by atoms with Crippen molar-refractivity contribution < 1.29 is 26.3 Å². The number of rotatable bonds is 6. The molecule has 1 N–H and O–H groups in total. The molecule has 0 aromatic heterocycles. The third-order valence-electron chi connectivity index (χ3n) is 4.15. The Morgan fingerprint density at radius 3 is 2.18 bits per heavy atom. The molecule has 2 aromatic carbocycles. The zero-order valence-corrected chi connectivity index (χ0v) is 18.2. The monoisotopic (exact) mass is 490 g/mol. The van der Waals surface area contributed by atoms with Crippen LogP contribution in [0.3, 0.4) is 0 Å². The molecule has 11 heteroatoms. The van der Waals surface area contributed by atoms with Gasteiger partial charge in [-0.15, -0.1) is 0 Å². The lowest BCUT2D eigenvalue weighted by molar-refractivity contribution is 0.0730. The number of ether oxygens (including phenoxy) is 2. The number of hydrogen-bond donors (Lipinski definition) is 1. The molecule has 2 aromatic rings. The molecule has 0 spiro atoms. The number of nitrogens with one attached hydrogen (secondary N) is 1. The van der Waals surface area contributed by atoms with Crippen LogP contribution in [-0.4, -0.2) is 54.6 Å². The second-order valence-electron chi connectivity index (χ2n) is 5.94. The highest BCUT2D eigenvalue weighted by Gasteiger charge is 2.26. The maximum absolute atomic E-state index is 12.6. The molecule has 0 unspecified atom stereocenters. The van der Waals surface area contributed by atoms with E-state index in [1.54, 1.807) is 0 Å². The smallest absolute Gasteiger partial charge is 0.261 e. The fourth-order valence-corrected chi connectivity index (χ4v) is 5.84. The SMILES string of the molecule is COc1ccc(S(=O)(=O)Nc2ccc(S(=O)(=O)N3CCOCC3)cc2)cc1Br. The summed E-state index contributed by atoms with van der Waals surface area (Å²) in [6.07, 6.45) is 0. The first-order valence-electron chi connectivity index (χ1n) is 8.28. The summed E-state index contributed by atoms with van der Waals surface area (Å²) in [4.78, 5) is 0.148. The average Bonchev–Trinajstić information content (AvgIpc) is 2.68. The van der Waals surface area contributed by atoms with E-state index in [-0.39, 0.29) is 15.5 Å². The molecule has 1 fully saturated rings. The Hall–Kier alpha value is -1.66. The van der Waals surface area contributed by atoms with Gasteiger partial charge >= 0.3 is 0 Å². The summed E-state index contributed by atoms with van der Waals surface area (Å²) in [7, 11) is -5.99. The topological polar surface area (TPSA) is 102 Å². The molecule has 3 rings (SSSR count). The summed E-state index contributed by atoms with van der Waals surface area (Å²) in [6.45, 7) is 1.30. The first kappa shape index (κ1) is 21.1. The number of sulfonamides is 2. The van der Waals surface area contributed by atoms with E-state index in [1.165, 1.54) is 53.9 Å². The highest BCUT2D eigenvalue weighted by atomic mass is 79.9. The maximum Gasteiger partial charge on any atom is 0.261 e. The van der Waals surface area contributed by atoms with Crippen molar-refractivity contribution >= 4 is 41.7 Å². The van der Waals surface area contributed by atoms with Gasteiger partial charge in [0.25, 0.3) is 10.0 Å². The van der Waals surface area contributed by atoms with Gasteiger partial charge in [-0.1, -0.05) is 0 Å². The van der Waals surface area contributed by atoms with Gasteiger partial charge < -0.3 is 9.47 Å². The number of nitrogens with zero attached hydrogens (tertiary/aromatic N) is 1. The van der Waals surface area contributed by atoms with E-state index in [0.717, 1.165) is 0 Å². The number of benzene rings is 2. The fraction of sp³-hybridized carbons (Fsp3) is 0.294. The zero-order chi connectivity index (χ0) is 20.4. The molecule has 8 nitrogen and oxygen atoms in total. The normalized spacial score (nSPS) is 15.9. The van der Waals surface area contributed by atoms with Gasteiger partial charge in [-0.25, -0.2) is 16.8 Å². The number of halogens is 1. The Kier molecular flexibility index (Phi) is 6.30. The molecule has 0 aliphatic carbocycles. The van der Waals surface area contributed by atoms with E-state index in [2.05, 4.69) is 20.7 Å². The van der Waals surface area contributed by atoms with Crippen LogP contribution in [0.2, 0.25) is 0 Å². The molecule has 0 atom stereocenters. The third-order valence-corrected chi connectivity index (χ3v) is 8.06. The zero-order valence-electron chi connectivity index (χ0n) is 15.0. The van der Waals surface area contributed by atoms with Gasteiger partial charge in [0.05, 0.1) is 34.6 Å². The van der Waals surface area contributed by atoms with Gasteiger partial charge in [-0.2, -0.15) is 4.31 Å². The van der Waals surface area contributed by atoms with Crippen LogP contribution in [0, 0.1) is 0 Å². The van der Waals surface area contributed by atoms with Gasteiger partial charge in [0, 0.05) is 18.8 Å². The number of methoxy groups -OCH3 is 1. The summed E-state index contributed by atoms with van der Waals surface area (Å²) in [5, 5.41) is 0. The largest absolute Gasteiger partial charge is 0.496 e. The molecule has 152 valence electrons. The highest BCUT2D eigenvalue weighted by molar-refractivity contribution is 9.10. The van der Waals surface area contributed by atoms with Gasteiger partial charge in [0.1, 0.15) is 5.75 Å². The summed E-state index contributed by atoms with van der Waals surface area (Å²) < 4.78 is 64.9. The van der Waals surface area contributed by atoms with E-state index in [4.69, 9.17) is 9.47 Å². The van der Waals surface area contributed by atoms with Gasteiger partial charge in [0.2, 0.25) is 10.0 Å². The number of morpholine rings is 1. The lowest BCUT2D eigenvalue weighted by atomic mass is 10.3. The van der Waals surface area contributed by atoms with Crippen LogP contribution in [0.25, 0.3) is 0 Å². The van der Waals surface area contributed by atoms with Crippen LogP contribution in [-0.2, 0) is 24.8 Å². The number of hydrogen-bond acceptors (Lipinski definition) is 6. The minimum atomic E-state index is -3.84. The number of anilines is 1. The van der Waals surface area contributed by atoms with Gasteiger partial charge in [-0.05, 0) is 58.4 Å². The minimum absolute atomic E-state index is 0.0465. The molecule has 0 amide bonds. The third kappa shape index (κ3) is 4.49. The van der Waals surface area contributed by atoms with Crippen molar-refractivity contribution in [3.05, 3.63) is 46.9 Å². The van der Waals surface area contributed by atoms with Crippen molar-refractivity contribution in [2.45, 2.75) is 9.79 Å². The Balaban J connectivity index is 1.79. The quantitative estimate of drug-likeness (QED) is 0.666. The second-order valence-corrected chi connectivity index (χ2v) is 10.4. The van der Waals surface area contributed by atoms with Crippen LogP contribution in [0.4, 0.5) is 5.69 Å². The Morgan fingerprint density at radius 1 is 1.00 bits per heavy atom.